The molecule has 136 valence electrons. The molecular formula is C15H22N6O3S. The number of anilines is 1. The molecule has 0 aliphatic carbocycles. The van der Waals surface area contributed by atoms with Crippen molar-refractivity contribution in [1.29, 1.82) is 0 Å². The van der Waals surface area contributed by atoms with E-state index in [1.165, 1.54) is 11.8 Å². The molecule has 1 amide bonds. The summed E-state index contributed by atoms with van der Waals surface area (Å²) < 4.78 is 0. The van der Waals surface area contributed by atoms with E-state index in [1.807, 2.05) is 0 Å². The van der Waals surface area contributed by atoms with Gasteiger partial charge in [0.1, 0.15) is 16.6 Å². The second-order valence-corrected chi connectivity index (χ2v) is 7.00. The van der Waals surface area contributed by atoms with Crippen LogP contribution in [0.3, 0.4) is 0 Å². The van der Waals surface area contributed by atoms with Crippen LogP contribution in [0.25, 0.3) is 11.2 Å². The Labute approximate surface area is 149 Å². The van der Waals surface area contributed by atoms with Crippen LogP contribution < -0.4 is 11.1 Å². The normalized spacial score (nSPS) is 12.4. The van der Waals surface area contributed by atoms with Crippen LogP contribution in [0.2, 0.25) is 0 Å². The van der Waals surface area contributed by atoms with Crippen molar-refractivity contribution in [3.05, 3.63) is 6.33 Å². The highest BCUT2D eigenvalue weighted by molar-refractivity contribution is 7.99. The van der Waals surface area contributed by atoms with Crippen molar-refractivity contribution in [1.82, 2.24) is 25.3 Å². The Morgan fingerprint density at radius 2 is 2.12 bits per heavy atom. The van der Waals surface area contributed by atoms with Gasteiger partial charge in [-0.25, -0.2) is 14.8 Å². The molecule has 2 aromatic heterocycles. The lowest BCUT2D eigenvalue weighted by molar-refractivity contribution is -0.143. The fourth-order valence-corrected chi connectivity index (χ4v) is 3.24. The SMILES string of the molecule is CC(C)C(NC(=O)CCCCSc1nc(N)nc2nc[nH]c12)C(=O)O. The second kappa shape index (κ2) is 8.65. The van der Waals surface area contributed by atoms with Crippen LogP contribution in [0.5, 0.6) is 0 Å². The number of H-pyrrole nitrogens is 1. The maximum absolute atomic E-state index is 11.8. The van der Waals surface area contributed by atoms with Gasteiger partial charge in [0.25, 0.3) is 0 Å². The molecule has 5 N–H and O–H groups in total. The number of nitrogens with zero attached hydrogens (tertiary/aromatic N) is 3. The molecule has 0 fully saturated rings. The molecule has 2 heterocycles. The molecule has 0 radical (unpaired) electrons. The summed E-state index contributed by atoms with van der Waals surface area (Å²) in [5.74, 6) is -0.478. The van der Waals surface area contributed by atoms with Crippen molar-refractivity contribution in [2.75, 3.05) is 11.5 Å². The monoisotopic (exact) mass is 366 g/mol. The molecule has 1 unspecified atom stereocenters. The molecule has 2 aromatic rings. The Balaban J connectivity index is 1.75. The number of thioether (sulfide) groups is 1. The lowest BCUT2D eigenvalue weighted by atomic mass is 10.0. The fraction of sp³-hybridized carbons (Fsp3) is 0.533. The molecular weight excluding hydrogens is 344 g/mol. The van der Waals surface area contributed by atoms with E-state index in [4.69, 9.17) is 10.8 Å². The maximum atomic E-state index is 11.8. The van der Waals surface area contributed by atoms with Gasteiger partial charge in [-0.3, -0.25) is 4.79 Å². The predicted octanol–water partition coefficient (Wildman–Crippen LogP) is 1.42. The minimum atomic E-state index is -1.01. The van der Waals surface area contributed by atoms with E-state index in [2.05, 4.69) is 25.3 Å². The molecule has 1 atom stereocenters. The third-order valence-electron chi connectivity index (χ3n) is 3.56. The quantitative estimate of drug-likeness (QED) is 0.296. The number of fused-ring (bicyclic) bond motifs is 1. The van der Waals surface area contributed by atoms with E-state index < -0.39 is 12.0 Å². The number of nitrogens with two attached hydrogens (primary N) is 1. The highest BCUT2D eigenvalue weighted by atomic mass is 32.2. The molecule has 0 bridgehead atoms. The van der Waals surface area contributed by atoms with Crippen LogP contribution in [-0.4, -0.2) is 48.7 Å². The Bertz CT molecular complexity index is 748. The van der Waals surface area contributed by atoms with Crippen LogP contribution in [-0.2, 0) is 9.59 Å². The van der Waals surface area contributed by atoms with Crippen LogP contribution >= 0.6 is 11.8 Å². The smallest absolute Gasteiger partial charge is 0.326 e. The summed E-state index contributed by atoms with van der Waals surface area (Å²) in [6.45, 7) is 3.53. The van der Waals surface area contributed by atoms with Crippen molar-refractivity contribution in [3.63, 3.8) is 0 Å². The zero-order chi connectivity index (χ0) is 18.4. The number of amides is 1. The first kappa shape index (κ1) is 19.0. The minimum absolute atomic E-state index is 0.156. The Morgan fingerprint density at radius 1 is 1.36 bits per heavy atom. The van der Waals surface area contributed by atoms with Crippen LogP contribution in [0.1, 0.15) is 33.1 Å². The molecule has 0 aliphatic rings. The topological polar surface area (TPSA) is 147 Å². The summed E-state index contributed by atoms with van der Waals surface area (Å²) in [5, 5.41) is 12.4. The van der Waals surface area contributed by atoms with Gasteiger partial charge >= 0.3 is 5.97 Å². The Morgan fingerprint density at radius 3 is 2.80 bits per heavy atom. The van der Waals surface area contributed by atoms with Crippen molar-refractivity contribution in [2.45, 2.75) is 44.2 Å². The van der Waals surface area contributed by atoms with Crippen LogP contribution in [0, 0.1) is 5.92 Å². The lowest BCUT2D eigenvalue weighted by Crippen LogP contribution is -2.44. The number of carbonyl (C=O) groups is 2. The van der Waals surface area contributed by atoms with Gasteiger partial charge in [0.2, 0.25) is 11.9 Å². The molecule has 0 aliphatic heterocycles. The van der Waals surface area contributed by atoms with Gasteiger partial charge in [0.15, 0.2) is 5.65 Å². The Hall–Kier alpha value is -2.36. The summed E-state index contributed by atoms with van der Waals surface area (Å²) in [6.07, 6.45) is 3.29. The van der Waals surface area contributed by atoms with E-state index >= 15 is 0 Å². The number of carbonyl (C=O) groups excluding carboxylic acids is 1. The molecule has 2 rings (SSSR count). The molecule has 10 heteroatoms. The average molecular weight is 366 g/mol. The summed E-state index contributed by atoms with van der Waals surface area (Å²) >= 11 is 1.52. The number of unbranched alkanes of at least 4 members (excludes halogenated alkanes) is 1. The summed E-state index contributed by atoms with van der Waals surface area (Å²) in [5.41, 5.74) is 6.94. The first-order valence-corrected chi connectivity index (χ1v) is 8.98. The molecule has 25 heavy (non-hydrogen) atoms. The maximum Gasteiger partial charge on any atom is 0.326 e. The first-order chi connectivity index (χ1) is 11.9. The van der Waals surface area contributed by atoms with Gasteiger partial charge in [0.05, 0.1) is 6.33 Å². The average Bonchev–Trinajstić information content (AvgIpc) is 2.99. The number of nitrogen functional groups attached to an aromatic ring is 1. The van der Waals surface area contributed by atoms with E-state index in [0.29, 0.717) is 18.5 Å². The molecule has 0 spiro atoms. The number of carboxylic acid groups (broad SMARTS) is 1. The van der Waals surface area contributed by atoms with Crippen molar-refractivity contribution < 1.29 is 14.7 Å². The van der Waals surface area contributed by atoms with Crippen LogP contribution in [0.4, 0.5) is 5.95 Å². The number of nitrogens with one attached hydrogen (secondary N) is 2. The number of carboxylic acids is 1. The molecule has 0 aromatic carbocycles. The zero-order valence-electron chi connectivity index (χ0n) is 14.2. The number of hydrogen-bond acceptors (Lipinski definition) is 7. The first-order valence-electron chi connectivity index (χ1n) is 8.00. The Kier molecular flexibility index (Phi) is 6.57. The van der Waals surface area contributed by atoms with Gasteiger partial charge in [-0.2, -0.15) is 4.98 Å². The summed E-state index contributed by atoms with van der Waals surface area (Å²) in [7, 11) is 0. The minimum Gasteiger partial charge on any atom is -0.480 e. The van der Waals surface area contributed by atoms with E-state index in [1.54, 1.807) is 20.2 Å². The van der Waals surface area contributed by atoms with Gasteiger partial charge in [-0.15, -0.1) is 11.8 Å². The number of hydrogen-bond donors (Lipinski definition) is 4. The lowest BCUT2D eigenvalue weighted by Gasteiger charge is -2.17. The van der Waals surface area contributed by atoms with E-state index in [-0.39, 0.29) is 17.8 Å². The highest BCUT2D eigenvalue weighted by Gasteiger charge is 2.22. The van der Waals surface area contributed by atoms with E-state index in [0.717, 1.165) is 22.7 Å². The van der Waals surface area contributed by atoms with Gasteiger partial charge < -0.3 is 21.1 Å². The predicted molar refractivity (Wildman–Crippen MR) is 95.1 cm³/mol. The van der Waals surface area contributed by atoms with E-state index in [9.17, 15) is 9.59 Å². The third-order valence-corrected chi connectivity index (χ3v) is 4.62. The third kappa shape index (κ3) is 5.31. The van der Waals surface area contributed by atoms with Crippen molar-refractivity contribution in [3.8, 4) is 0 Å². The van der Waals surface area contributed by atoms with Gasteiger partial charge in [0, 0.05) is 6.42 Å². The zero-order valence-corrected chi connectivity index (χ0v) is 15.0. The molecule has 9 nitrogen and oxygen atoms in total. The second-order valence-electron chi connectivity index (χ2n) is 5.92. The fourth-order valence-electron chi connectivity index (χ4n) is 2.24. The summed E-state index contributed by atoms with van der Waals surface area (Å²) in [6, 6.07) is -0.848. The number of aromatic nitrogens is 4. The number of aromatic amines is 1. The van der Waals surface area contributed by atoms with Crippen molar-refractivity contribution >= 4 is 40.8 Å². The summed E-state index contributed by atoms with van der Waals surface area (Å²) in [4.78, 5) is 38.2. The molecule has 0 saturated heterocycles. The largest absolute Gasteiger partial charge is 0.480 e. The standard InChI is InChI=1S/C15H22N6O3S/c1-8(2)10(14(23)24)19-9(22)5-3-4-6-25-13-11-12(18-7-17-11)20-15(16)21-13/h7-8,10H,3-6H2,1-2H3,(H,19,22)(H,23,24)(H3,16,17,18,20,21). The number of imidazole rings is 1. The number of aliphatic carboxylic acids is 1. The van der Waals surface area contributed by atoms with Gasteiger partial charge in [-0.05, 0) is 24.5 Å². The van der Waals surface area contributed by atoms with Crippen molar-refractivity contribution in [2.24, 2.45) is 5.92 Å². The van der Waals surface area contributed by atoms with Crippen LogP contribution in [0.15, 0.2) is 11.4 Å². The highest BCUT2D eigenvalue weighted by Crippen LogP contribution is 2.24. The number of rotatable bonds is 9. The molecule has 0 saturated carbocycles. The van der Waals surface area contributed by atoms with Gasteiger partial charge in [-0.1, -0.05) is 13.8 Å².